The van der Waals surface area contributed by atoms with Gasteiger partial charge in [0.05, 0.1) is 31.0 Å². The second-order valence-electron chi connectivity index (χ2n) is 7.89. The number of amides is 1. The molecule has 1 unspecified atom stereocenters. The molecule has 1 aliphatic rings. The number of ether oxygens (including phenoxy) is 1. The minimum absolute atomic E-state index is 0.0371. The van der Waals surface area contributed by atoms with Crippen molar-refractivity contribution in [2.75, 3.05) is 6.61 Å². The smallest absolute Gasteiger partial charge is 0.296 e. The largest absolute Gasteiger partial charge is 0.507 e. The number of likely N-dealkylation sites (tertiary alicyclic amines) is 1. The molecule has 33 heavy (non-hydrogen) atoms. The molecule has 0 radical (unpaired) electrons. The SMILES string of the molecule is CCCOc1ccc(C2/C(=C(\O)c3ccc(C)c(F)c3)C(=O)C(=O)N2Cc2ccco2)cc1. The molecule has 0 spiro atoms. The number of hydrogen-bond donors (Lipinski definition) is 1. The number of aryl methyl sites for hydroxylation is 1. The topological polar surface area (TPSA) is 80.0 Å². The number of ketones is 1. The van der Waals surface area contributed by atoms with Gasteiger partial charge in [-0.15, -0.1) is 0 Å². The molecule has 1 amide bonds. The molecule has 1 N–H and O–H groups in total. The van der Waals surface area contributed by atoms with Gasteiger partial charge >= 0.3 is 0 Å². The van der Waals surface area contributed by atoms with Crippen LogP contribution in [0.15, 0.2) is 70.9 Å². The summed E-state index contributed by atoms with van der Waals surface area (Å²) in [6.07, 6.45) is 2.34. The van der Waals surface area contributed by atoms with E-state index in [0.717, 1.165) is 12.5 Å². The van der Waals surface area contributed by atoms with Gasteiger partial charge in [0.1, 0.15) is 23.1 Å². The van der Waals surface area contributed by atoms with Crippen LogP contribution in [0.2, 0.25) is 0 Å². The number of halogens is 1. The Hall–Kier alpha value is -3.87. The van der Waals surface area contributed by atoms with Crippen molar-refractivity contribution >= 4 is 17.4 Å². The zero-order valence-corrected chi connectivity index (χ0v) is 18.4. The first kappa shape index (κ1) is 22.3. The lowest BCUT2D eigenvalue weighted by Gasteiger charge is -2.24. The average Bonchev–Trinajstić information content (AvgIpc) is 3.42. The van der Waals surface area contributed by atoms with E-state index >= 15 is 0 Å². The zero-order chi connectivity index (χ0) is 23.5. The van der Waals surface area contributed by atoms with Crippen LogP contribution in [0.3, 0.4) is 0 Å². The van der Waals surface area contributed by atoms with Crippen LogP contribution in [-0.2, 0) is 16.1 Å². The van der Waals surface area contributed by atoms with Crippen molar-refractivity contribution in [2.24, 2.45) is 0 Å². The van der Waals surface area contributed by atoms with Crippen molar-refractivity contribution in [1.82, 2.24) is 4.90 Å². The number of aliphatic hydroxyl groups excluding tert-OH is 1. The Balaban J connectivity index is 1.81. The summed E-state index contributed by atoms with van der Waals surface area (Å²) in [5.74, 6) is -1.40. The summed E-state index contributed by atoms with van der Waals surface area (Å²) in [6.45, 7) is 4.21. The fraction of sp³-hybridized carbons (Fsp3) is 0.231. The molecular formula is C26H24FNO5. The second-order valence-corrected chi connectivity index (χ2v) is 7.89. The van der Waals surface area contributed by atoms with E-state index in [1.54, 1.807) is 43.3 Å². The number of Topliss-reactive ketones (excluding diaryl/α,β-unsaturated/α-hetero) is 1. The van der Waals surface area contributed by atoms with Crippen LogP contribution in [0.25, 0.3) is 5.76 Å². The van der Waals surface area contributed by atoms with E-state index in [1.807, 2.05) is 6.92 Å². The van der Waals surface area contributed by atoms with E-state index in [-0.39, 0.29) is 17.7 Å². The Kier molecular flexibility index (Phi) is 6.31. The minimum atomic E-state index is -0.875. The molecule has 4 rings (SSSR count). The predicted octanol–water partition coefficient (Wildman–Crippen LogP) is 5.14. The fourth-order valence-electron chi connectivity index (χ4n) is 3.82. The number of carbonyl (C=O) groups is 2. The first-order chi connectivity index (χ1) is 15.9. The van der Waals surface area contributed by atoms with Gasteiger partial charge < -0.3 is 19.2 Å². The lowest BCUT2D eigenvalue weighted by molar-refractivity contribution is -0.140. The maximum atomic E-state index is 14.2. The van der Waals surface area contributed by atoms with Gasteiger partial charge in [0.2, 0.25) is 0 Å². The van der Waals surface area contributed by atoms with Gasteiger partial charge in [-0.05, 0) is 54.8 Å². The van der Waals surface area contributed by atoms with Crippen LogP contribution in [0.5, 0.6) is 5.75 Å². The molecule has 1 aliphatic heterocycles. The first-order valence-electron chi connectivity index (χ1n) is 10.7. The van der Waals surface area contributed by atoms with Gasteiger partial charge in [-0.2, -0.15) is 0 Å². The summed E-state index contributed by atoms with van der Waals surface area (Å²) < 4.78 is 25.2. The Morgan fingerprint density at radius 2 is 1.91 bits per heavy atom. The van der Waals surface area contributed by atoms with E-state index in [2.05, 4.69) is 0 Å². The molecule has 1 atom stereocenters. The molecule has 0 bridgehead atoms. The Bertz CT molecular complexity index is 1200. The summed E-state index contributed by atoms with van der Waals surface area (Å²) in [5, 5.41) is 11.0. The number of aliphatic hydroxyl groups is 1. The fourth-order valence-corrected chi connectivity index (χ4v) is 3.82. The van der Waals surface area contributed by atoms with E-state index in [4.69, 9.17) is 9.15 Å². The molecule has 6 nitrogen and oxygen atoms in total. The Labute approximate surface area is 190 Å². The molecule has 2 aromatic carbocycles. The number of furan rings is 1. The first-order valence-corrected chi connectivity index (χ1v) is 10.7. The lowest BCUT2D eigenvalue weighted by atomic mass is 9.95. The third kappa shape index (κ3) is 4.39. The number of carbonyl (C=O) groups excluding carboxylic acids is 2. The number of benzene rings is 2. The van der Waals surface area contributed by atoms with Crippen LogP contribution in [0.4, 0.5) is 4.39 Å². The van der Waals surface area contributed by atoms with Crippen molar-refractivity contribution in [3.63, 3.8) is 0 Å². The van der Waals surface area contributed by atoms with Crippen molar-refractivity contribution in [3.8, 4) is 5.75 Å². The molecule has 0 aliphatic carbocycles. The Morgan fingerprint density at radius 3 is 2.55 bits per heavy atom. The monoisotopic (exact) mass is 449 g/mol. The normalized spacial score (nSPS) is 17.5. The molecule has 1 saturated heterocycles. The van der Waals surface area contributed by atoms with Crippen LogP contribution >= 0.6 is 0 Å². The maximum Gasteiger partial charge on any atom is 0.296 e. The van der Waals surface area contributed by atoms with Gasteiger partial charge in [0.15, 0.2) is 0 Å². The van der Waals surface area contributed by atoms with Gasteiger partial charge in [0.25, 0.3) is 11.7 Å². The average molecular weight is 449 g/mol. The highest BCUT2D eigenvalue weighted by Gasteiger charge is 2.46. The molecule has 2 heterocycles. The highest BCUT2D eigenvalue weighted by atomic mass is 19.1. The minimum Gasteiger partial charge on any atom is -0.507 e. The lowest BCUT2D eigenvalue weighted by Crippen LogP contribution is -2.29. The van der Waals surface area contributed by atoms with E-state index in [0.29, 0.717) is 29.2 Å². The number of hydrogen-bond acceptors (Lipinski definition) is 5. The third-order valence-corrected chi connectivity index (χ3v) is 5.56. The van der Waals surface area contributed by atoms with Gasteiger partial charge in [-0.25, -0.2) is 4.39 Å². The van der Waals surface area contributed by atoms with Gasteiger partial charge in [0, 0.05) is 5.56 Å². The summed E-state index contributed by atoms with van der Waals surface area (Å²) in [7, 11) is 0. The molecule has 1 fully saturated rings. The number of rotatable bonds is 7. The molecular weight excluding hydrogens is 425 g/mol. The summed E-state index contributed by atoms with van der Waals surface area (Å²) in [6, 6.07) is 13.7. The standard InChI is InChI=1S/C26H24FNO5/c1-3-12-32-19-10-8-17(9-11-19)23-22(24(29)18-7-6-16(2)21(27)14-18)25(30)26(31)28(23)15-20-5-4-13-33-20/h4-11,13-14,23,29H,3,12,15H2,1-2H3/b24-22+. The van der Waals surface area contributed by atoms with E-state index in [9.17, 15) is 19.1 Å². The summed E-state index contributed by atoms with van der Waals surface area (Å²) >= 11 is 0. The highest BCUT2D eigenvalue weighted by molar-refractivity contribution is 6.46. The van der Waals surface area contributed by atoms with E-state index in [1.165, 1.54) is 23.3 Å². The van der Waals surface area contributed by atoms with Crippen LogP contribution in [0.1, 0.15) is 41.8 Å². The highest BCUT2D eigenvalue weighted by Crippen LogP contribution is 2.40. The van der Waals surface area contributed by atoms with Crippen molar-refractivity contribution in [3.05, 3.63) is 94.7 Å². The second kappa shape index (κ2) is 9.32. The van der Waals surface area contributed by atoms with Crippen LogP contribution < -0.4 is 4.74 Å². The number of nitrogens with zero attached hydrogens (tertiary/aromatic N) is 1. The van der Waals surface area contributed by atoms with E-state index < -0.39 is 29.3 Å². The van der Waals surface area contributed by atoms with Crippen molar-refractivity contribution < 1.29 is 28.2 Å². The summed E-state index contributed by atoms with van der Waals surface area (Å²) in [4.78, 5) is 27.4. The summed E-state index contributed by atoms with van der Waals surface area (Å²) in [5.41, 5.74) is 1.04. The maximum absolute atomic E-state index is 14.2. The zero-order valence-electron chi connectivity index (χ0n) is 18.4. The van der Waals surface area contributed by atoms with Crippen molar-refractivity contribution in [1.29, 1.82) is 0 Å². The molecule has 1 aromatic heterocycles. The molecule has 3 aromatic rings. The predicted molar refractivity (Wildman–Crippen MR) is 120 cm³/mol. The molecule has 7 heteroatoms. The molecule has 170 valence electrons. The van der Waals surface area contributed by atoms with Gasteiger partial charge in [-0.3, -0.25) is 9.59 Å². The molecule has 0 saturated carbocycles. The quantitative estimate of drug-likeness (QED) is 0.307. The Morgan fingerprint density at radius 1 is 1.15 bits per heavy atom. The van der Waals surface area contributed by atoms with Crippen molar-refractivity contribution in [2.45, 2.75) is 32.9 Å². The van der Waals surface area contributed by atoms with Crippen LogP contribution in [-0.4, -0.2) is 28.3 Å². The third-order valence-electron chi connectivity index (χ3n) is 5.56. The van der Waals surface area contributed by atoms with Crippen LogP contribution in [0, 0.1) is 12.7 Å². The van der Waals surface area contributed by atoms with Gasteiger partial charge in [-0.1, -0.05) is 31.2 Å².